The lowest BCUT2D eigenvalue weighted by Gasteiger charge is -2.55. The number of hydrogen-bond acceptors (Lipinski definition) is 9. The molecule has 194 valence electrons. The third kappa shape index (κ3) is 4.50. The second-order valence-corrected chi connectivity index (χ2v) is 12.4. The number of hydrogen-bond donors (Lipinski definition) is 1. The summed E-state index contributed by atoms with van der Waals surface area (Å²) in [5.74, 6) is -0.0580. The van der Waals surface area contributed by atoms with Gasteiger partial charge in [-0.2, -0.15) is 8.78 Å². The summed E-state index contributed by atoms with van der Waals surface area (Å²) in [5.41, 5.74) is 0.671. The van der Waals surface area contributed by atoms with Gasteiger partial charge in [0.05, 0.1) is 33.5 Å². The molecule has 5 heterocycles. The van der Waals surface area contributed by atoms with Crippen molar-refractivity contribution in [1.82, 2.24) is 14.9 Å². The standard InChI is InChI=1S/C24H28F2N4O4S2/c1-22(2,3)34-21(31)30-13-8-14(30)10-29(9-13)20-28-18-15(16-11-35-12-27-16)6-7-17(19(18)36-20)33-24(25,26)23(4,5)32/h6-7,11-14,32H,8-10H2,1-5H3. The van der Waals surface area contributed by atoms with Crippen LogP contribution in [-0.4, -0.2) is 68.6 Å². The minimum absolute atomic E-state index is 0.00105. The van der Waals surface area contributed by atoms with E-state index in [2.05, 4.69) is 9.88 Å². The molecule has 2 unspecified atom stereocenters. The molecule has 0 aliphatic carbocycles. The number of halogens is 2. The Bertz CT molecular complexity index is 1270. The summed E-state index contributed by atoms with van der Waals surface area (Å²) in [6.45, 7) is 8.67. The van der Waals surface area contributed by atoms with Gasteiger partial charge in [-0.05, 0) is 53.2 Å². The molecule has 6 rings (SSSR count). The number of amides is 1. The predicted octanol–water partition coefficient (Wildman–Crippen LogP) is 5.36. The van der Waals surface area contributed by atoms with E-state index in [-0.39, 0.29) is 23.9 Å². The maximum atomic E-state index is 14.6. The largest absolute Gasteiger partial charge is 0.444 e. The smallest absolute Gasteiger partial charge is 0.426 e. The van der Waals surface area contributed by atoms with Crippen molar-refractivity contribution < 1.29 is 28.2 Å². The molecule has 3 aromatic rings. The second-order valence-electron chi connectivity index (χ2n) is 10.7. The Labute approximate surface area is 215 Å². The van der Waals surface area contributed by atoms with Gasteiger partial charge in [-0.1, -0.05) is 11.3 Å². The zero-order chi connectivity index (χ0) is 26.0. The highest BCUT2D eigenvalue weighted by Gasteiger charge is 2.50. The monoisotopic (exact) mass is 538 g/mol. The number of carbonyl (C=O) groups excluding carboxylic acids is 1. The van der Waals surface area contributed by atoms with Gasteiger partial charge < -0.3 is 19.5 Å². The molecule has 0 saturated carbocycles. The number of ether oxygens (including phenoxy) is 2. The minimum Gasteiger partial charge on any atom is -0.444 e. The molecule has 3 aliphatic heterocycles. The lowest BCUT2D eigenvalue weighted by molar-refractivity contribution is -0.275. The highest BCUT2D eigenvalue weighted by molar-refractivity contribution is 7.22. The number of rotatable bonds is 5. The van der Waals surface area contributed by atoms with Crippen molar-refractivity contribution in [2.24, 2.45) is 0 Å². The quantitative estimate of drug-likeness (QED) is 0.468. The van der Waals surface area contributed by atoms with Crippen LogP contribution in [-0.2, 0) is 4.74 Å². The fourth-order valence-electron chi connectivity index (χ4n) is 4.38. The summed E-state index contributed by atoms with van der Waals surface area (Å²) in [4.78, 5) is 25.7. The topological polar surface area (TPSA) is 88.0 Å². The molecule has 1 amide bonds. The fraction of sp³-hybridized carbons (Fsp3) is 0.542. The number of fused-ring (bicyclic) bond motifs is 3. The molecule has 2 atom stereocenters. The van der Waals surface area contributed by atoms with Gasteiger partial charge in [-0.3, -0.25) is 4.90 Å². The average molecular weight is 539 g/mol. The van der Waals surface area contributed by atoms with Crippen molar-refractivity contribution >= 4 is 44.1 Å². The van der Waals surface area contributed by atoms with Gasteiger partial charge in [0, 0.05) is 24.0 Å². The maximum Gasteiger partial charge on any atom is 0.426 e. The highest BCUT2D eigenvalue weighted by atomic mass is 32.1. The van der Waals surface area contributed by atoms with Gasteiger partial charge in [-0.25, -0.2) is 14.8 Å². The molecule has 2 aromatic heterocycles. The normalized spacial score (nSPS) is 20.4. The summed E-state index contributed by atoms with van der Waals surface area (Å²) in [5, 5.41) is 12.4. The molecule has 1 aromatic carbocycles. The number of carbonyl (C=O) groups is 1. The molecule has 3 fully saturated rings. The van der Waals surface area contributed by atoms with Gasteiger partial charge >= 0.3 is 12.2 Å². The molecular weight excluding hydrogens is 510 g/mol. The number of piperazine rings is 1. The van der Waals surface area contributed by atoms with Crippen LogP contribution in [0.3, 0.4) is 0 Å². The summed E-state index contributed by atoms with van der Waals surface area (Å²) in [6, 6.07) is 3.13. The Morgan fingerprint density at radius 1 is 1.17 bits per heavy atom. The third-order valence-corrected chi connectivity index (χ3v) is 7.94. The second kappa shape index (κ2) is 8.49. The van der Waals surface area contributed by atoms with Crippen LogP contribution >= 0.6 is 22.7 Å². The number of piperidine rings is 1. The van der Waals surface area contributed by atoms with Crippen LogP contribution in [0.25, 0.3) is 21.5 Å². The highest BCUT2D eigenvalue weighted by Crippen LogP contribution is 2.45. The van der Waals surface area contributed by atoms with Crippen LogP contribution in [0.1, 0.15) is 41.0 Å². The van der Waals surface area contributed by atoms with E-state index in [9.17, 15) is 18.7 Å². The van der Waals surface area contributed by atoms with E-state index >= 15 is 0 Å². The molecular formula is C24H28F2N4O4S2. The van der Waals surface area contributed by atoms with E-state index in [4.69, 9.17) is 14.5 Å². The van der Waals surface area contributed by atoms with Crippen LogP contribution in [0.2, 0.25) is 0 Å². The number of thiazole rings is 2. The van der Waals surface area contributed by atoms with Crippen molar-refractivity contribution in [2.45, 2.75) is 70.4 Å². The number of benzene rings is 1. The van der Waals surface area contributed by atoms with Crippen LogP contribution in [0.15, 0.2) is 23.0 Å². The van der Waals surface area contributed by atoms with Gasteiger partial charge in [-0.15, -0.1) is 11.3 Å². The van der Waals surface area contributed by atoms with Crippen molar-refractivity contribution in [1.29, 1.82) is 0 Å². The number of alkyl halides is 2. The average Bonchev–Trinajstić information content (AvgIpc) is 3.42. The van der Waals surface area contributed by atoms with Crippen molar-refractivity contribution in [3.8, 4) is 17.0 Å². The van der Waals surface area contributed by atoms with Crippen molar-refractivity contribution in [3.63, 3.8) is 0 Å². The molecule has 2 bridgehead atoms. The first kappa shape index (κ1) is 25.1. The summed E-state index contributed by atoms with van der Waals surface area (Å²) in [6.07, 6.45) is -3.24. The first-order valence-electron chi connectivity index (χ1n) is 11.6. The molecule has 1 N–H and O–H groups in total. The Balaban J connectivity index is 1.46. The van der Waals surface area contributed by atoms with Crippen molar-refractivity contribution in [2.75, 3.05) is 18.0 Å². The SMILES string of the molecule is CC(C)(C)OC(=O)N1C2CC1CN(c1nc3c(-c4cscn4)ccc(OC(F)(F)C(C)(C)O)c3s1)C2. The molecule has 0 spiro atoms. The Morgan fingerprint density at radius 3 is 2.44 bits per heavy atom. The zero-order valence-corrected chi connectivity index (χ0v) is 22.3. The third-order valence-electron chi connectivity index (χ3n) is 6.22. The Hall–Kier alpha value is -2.57. The molecule has 12 heteroatoms. The lowest BCUT2D eigenvalue weighted by atomic mass is 9.88. The van der Waals surface area contributed by atoms with E-state index in [0.29, 0.717) is 39.7 Å². The van der Waals surface area contributed by atoms with E-state index in [1.54, 1.807) is 16.5 Å². The van der Waals surface area contributed by atoms with E-state index in [0.717, 1.165) is 20.3 Å². The van der Waals surface area contributed by atoms with Crippen LogP contribution < -0.4 is 9.64 Å². The number of aromatic nitrogens is 2. The van der Waals surface area contributed by atoms with E-state index in [1.807, 2.05) is 26.2 Å². The first-order chi connectivity index (χ1) is 16.7. The van der Waals surface area contributed by atoms with Gasteiger partial charge in [0.15, 0.2) is 10.7 Å². The zero-order valence-electron chi connectivity index (χ0n) is 20.6. The number of nitrogens with zero attached hydrogens (tertiary/aromatic N) is 4. The van der Waals surface area contributed by atoms with Crippen molar-refractivity contribution in [3.05, 3.63) is 23.0 Å². The first-order valence-corrected chi connectivity index (χ1v) is 13.4. The number of anilines is 1. The summed E-state index contributed by atoms with van der Waals surface area (Å²) < 4.78 is 40.3. The van der Waals surface area contributed by atoms with E-state index < -0.39 is 17.3 Å². The molecule has 0 radical (unpaired) electrons. The number of aliphatic hydroxyl groups is 1. The molecule has 3 aliphatic rings. The summed E-state index contributed by atoms with van der Waals surface area (Å²) in [7, 11) is 0. The summed E-state index contributed by atoms with van der Waals surface area (Å²) >= 11 is 2.68. The molecule has 36 heavy (non-hydrogen) atoms. The van der Waals surface area contributed by atoms with E-state index in [1.165, 1.54) is 28.7 Å². The van der Waals surface area contributed by atoms with Crippen LogP contribution in [0.5, 0.6) is 5.75 Å². The lowest BCUT2D eigenvalue weighted by Crippen LogP contribution is -2.70. The van der Waals surface area contributed by atoms with Gasteiger partial charge in [0.1, 0.15) is 11.4 Å². The van der Waals surface area contributed by atoms with Crippen LogP contribution in [0, 0.1) is 0 Å². The maximum absolute atomic E-state index is 14.6. The molecule has 8 nitrogen and oxygen atoms in total. The minimum atomic E-state index is -3.81. The van der Waals surface area contributed by atoms with Gasteiger partial charge in [0.25, 0.3) is 0 Å². The predicted molar refractivity (Wildman–Crippen MR) is 135 cm³/mol. The Kier molecular flexibility index (Phi) is 5.92. The molecule has 3 saturated heterocycles. The Morgan fingerprint density at radius 2 is 1.86 bits per heavy atom. The van der Waals surface area contributed by atoms with Crippen LogP contribution in [0.4, 0.5) is 18.7 Å². The fourth-order valence-corrected chi connectivity index (χ4v) is 5.99. The van der Waals surface area contributed by atoms with Gasteiger partial charge in [0.2, 0.25) is 0 Å².